The zero-order chi connectivity index (χ0) is 17.6. The second-order valence-electron chi connectivity index (χ2n) is 7.53. The lowest BCUT2D eigenvalue weighted by Gasteiger charge is -2.27. The SMILES string of the molecule is C=C(C1=NSCCN1C=C(C)C)c1ccc(CC2CCCCC2)cc1. The second-order valence-corrected chi connectivity index (χ2v) is 8.38. The van der Waals surface area contributed by atoms with E-state index >= 15 is 0 Å². The summed E-state index contributed by atoms with van der Waals surface area (Å²) in [5.74, 6) is 2.91. The first-order valence-electron chi connectivity index (χ1n) is 9.53. The minimum Gasteiger partial charge on any atom is -0.331 e. The van der Waals surface area contributed by atoms with Gasteiger partial charge in [-0.1, -0.05) is 68.5 Å². The van der Waals surface area contributed by atoms with Crippen molar-refractivity contribution in [3.63, 3.8) is 0 Å². The minimum atomic E-state index is 0.884. The molecule has 0 saturated heterocycles. The van der Waals surface area contributed by atoms with Crippen molar-refractivity contribution in [1.29, 1.82) is 0 Å². The molecule has 1 aromatic rings. The Labute approximate surface area is 157 Å². The topological polar surface area (TPSA) is 15.6 Å². The van der Waals surface area contributed by atoms with Crippen molar-refractivity contribution in [3.8, 4) is 0 Å². The first-order chi connectivity index (χ1) is 12.1. The van der Waals surface area contributed by atoms with Gasteiger partial charge in [0.1, 0.15) is 5.84 Å². The van der Waals surface area contributed by atoms with E-state index in [0.29, 0.717) is 0 Å². The Balaban J connectivity index is 1.69. The van der Waals surface area contributed by atoms with Crippen LogP contribution >= 0.6 is 11.9 Å². The van der Waals surface area contributed by atoms with E-state index in [0.717, 1.165) is 29.6 Å². The molecule has 1 fully saturated rings. The molecule has 0 bridgehead atoms. The van der Waals surface area contributed by atoms with Crippen molar-refractivity contribution in [2.45, 2.75) is 52.4 Å². The maximum atomic E-state index is 4.67. The van der Waals surface area contributed by atoms with Crippen molar-refractivity contribution >= 4 is 23.4 Å². The fourth-order valence-electron chi connectivity index (χ4n) is 3.77. The van der Waals surface area contributed by atoms with E-state index in [1.807, 2.05) is 0 Å². The lowest BCUT2D eigenvalue weighted by atomic mass is 9.84. The van der Waals surface area contributed by atoms with Crippen LogP contribution in [0, 0.1) is 5.92 Å². The van der Waals surface area contributed by atoms with Crippen LogP contribution in [-0.4, -0.2) is 23.0 Å². The van der Waals surface area contributed by atoms with E-state index in [1.54, 1.807) is 11.9 Å². The molecule has 1 aliphatic carbocycles. The zero-order valence-electron chi connectivity index (χ0n) is 15.6. The summed E-state index contributed by atoms with van der Waals surface area (Å²) in [5, 5.41) is 0. The maximum absolute atomic E-state index is 4.67. The Morgan fingerprint density at radius 3 is 2.60 bits per heavy atom. The van der Waals surface area contributed by atoms with Crippen LogP contribution in [0.2, 0.25) is 0 Å². The quantitative estimate of drug-likeness (QED) is 0.593. The molecule has 0 aromatic heterocycles. The van der Waals surface area contributed by atoms with E-state index in [4.69, 9.17) is 0 Å². The Hall–Kier alpha value is -1.48. The van der Waals surface area contributed by atoms with Crippen molar-refractivity contribution in [2.75, 3.05) is 12.3 Å². The molecular weight excluding hydrogens is 324 g/mol. The van der Waals surface area contributed by atoms with Crippen LogP contribution in [0.5, 0.6) is 0 Å². The zero-order valence-corrected chi connectivity index (χ0v) is 16.4. The Kier molecular flexibility index (Phi) is 6.41. The normalized spacial score (nSPS) is 18.6. The molecule has 1 heterocycles. The van der Waals surface area contributed by atoms with Crippen molar-refractivity contribution in [3.05, 3.63) is 53.7 Å². The lowest BCUT2D eigenvalue weighted by molar-refractivity contribution is 0.356. The number of allylic oxidation sites excluding steroid dienone is 1. The van der Waals surface area contributed by atoms with E-state index in [9.17, 15) is 0 Å². The van der Waals surface area contributed by atoms with Crippen molar-refractivity contribution < 1.29 is 0 Å². The number of benzene rings is 1. The molecule has 3 heteroatoms. The fraction of sp³-hybridized carbons (Fsp3) is 0.500. The highest BCUT2D eigenvalue weighted by Gasteiger charge is 2.19. The van der Waals surface area contributed by atoms with E-state index < -0.39 is 0 Å². The summed E-state index contributed by atoms with van der Waals surface area (Å²) in [7, 11) is 0. The van der Waals surface area contributed by atoms with Gasteiger partial charge in [0, 0.05) is 24.1 Å². The summed E-state index contributed by atoms with van der Waals surface area (Å²) in [6.07, 6.45) is 10.5. The monoisotopic (exact) mass is 354 g/mol. The molecule has 1 aliphatic heterocycles. The lowest BCUT2D eigenvalue weighted by Crippen LogP contribution is -2.31. The van der Waals surface area contributed by atoms with Gasteiger partial charge < -0.3 is 4.90 Å². The molecule has 0 unspecified atom stereocenters. The highest BCUT2D eigenvalue weighted by atomic mass is 32.2. The molecule has 0 amide bonds. The Morgan fingerprint density at radius 2 is 1.92 bits per heavy atom. The van der Waals surface area contributed by atoms with Gasteiger partial charge in [-0.05, 0) is 49.3 Å². The number of hydrogen-bond donors (Lipinski definition) is 0. The highest BCUT2D eigenvalue weighted by Crippen LogP contribution is 2.28. The number of rotatable bonds is 5. The second kappa shape index (κ2) is 8.75. The van der Waals surface area contributed by atoms with Crippen LogP contribution in [0.4, 0.5) is 0 Å². The molecule has 0 spiro atoms. The molecule has 1 aromatic carbocycles. The van der Waals surface area contributed by atoms with E-state index in [2.05, 4.69) is 60.2 Å². The van der Waals surface area contributed by atoms with Gasteiger partial charge in [0.15, 0.2) is 0 Å². The summed E-state index contributed by atoms with van der Waals surface area (Å²) in [5.41, 5.74) is 4.95. The molecule has 0 radical (unpaired) electrons. The molecule has 0 N–H and O–H groups in total. The van der Waals surface area contributed by atoms with Gasteiger partial charge in [0.25, 0.3) is 0 Å². The van der Waals surface area contributed by atoms with Gasteiger partial charge in [-0.25, -0.2) is 0 Å². The number of hydrogen-bond acceptors (Lipinski definition) is 3. The van der Waals surface area contributed by atoms with Gasteiger partial charge in [0.2, 0.25) is 0 Å². The van der Waals surface area contributed by atoms with Gasteiger partial charge in [-0.2, -0.15) is 4.40 Å². The fourth-order valence-corrected chi connectivity index (χ4v) is 4.47. The molecule has 3 rings (SSSR count). The summed E-state index contributed by atoms with van der Waals surface area (Å²) >= 11 is 1.64. The van der Waals surface area contributed by atoms with Crippen LogP contribution in [0.25, 0.3) is 5.57 Å². The van der Waals surface area contributed by atoms with Crippen LogP contribution in [0.3, 0.4) is 0 Å². The van der Waals surface area contributed by atoms with Crippen LogP contribution in [0.1, 0.15) is 57.1 Å². The maximum Gasteiger partial charge on any atom is 0.147 e. The molecule has 25 heavy (non-hydrogen) atoms. The highest BCUT2D eigenvalue weighted by molar-refractivity contribution is 7.98. The number of nitrogens with zero attached hydrogens (tertiary/aromatic N) is 2. The Bertz CT molecular complexity index is 647. The predicted octanol–water partition coefficient (Wildman–Crippen LogP) is 6.11. The third kappa shape index (κ3) is 5.01. The van der Waals surface area contributed by atoms with Crippen LogP contribution < -0.4 is 0 Å². The van der Waals surface area contributed by atoms with Gasteiger partial charge in [-0.3, -0.25) is 0 Å². The van der Waals surface area contributed by atoms with Gasteiger partial charge in [-0.15, -0.1) is 0 Å². The van der Waals surface area contributed by atoms with Crippen LogP contribution in [-0.2, 0) is 6.42 Å². The summed E-state index contributed by atoms with van der Waals surface area (Å²) in [4.78, 5) is 2.24. The average Bonchev–Trinajstić information content (AvgIpc) is 2.63. The van der Waals surface area contributed by atoms with Crippen LogP contribution in [0.15, 0.2) is 47.0 Å². The minimum absolute atomic E-state index is 0.884. The predicted molar refractivity (Wildman–Crippen MR) is 112 cm³/mol. The first-order valence-corrected chi connectivity index (χ1v) is 10.5. The van der Waals surface area contributed by atoms with Crippen molar-refractivity contribution in [2.24, 2.45) is 10.3 Å². The van der Waals surface area contributed by atoms with E-state index in [1.165, 1.54) is 55.2 Å². The molecule has 1 saturated carbocycles. The van der Waals surface area contributed by atoms with Gasteiger partial charge in [0.05, 0.1) is 0 Å². The third-order valence-corrected chi connectivity index (χ3v) is 5.75. The molecule has 2 nitrogen and oxygen atoms in total. The standard InChI is InChI=1S/C22H30N2S/c1-17(2)16-24-13-14-25-23-22(24)18(3)21-11-9-20(10-12-21)15-19-7-5-4-6-8-19/h9-12,16,19H,3-8,13-15H2,1-2H3. The molecule has 0 atom stereocenters. The summed E-state index contributed by atoms with van der Waals surface area (Å²) in [6.45, 7) is 9.58. The molecular formula is C22H30N2S. The van der Waals surface area contributed by atoms with Gasteiger partial charge >= 0.3 is 0 Å². The third-order valence-electron chi connectivity index (χ3n) is 5.08. The largest absolute Gasteiger partial charge is 0.331 e. The number of amidine groups is 1. The molecule has 2 aliphatic rings. The Morgan fingerprint density at radius 1 is 1.20 bits per heavy atom. The smallest absolute Gasteiger partial charge is 0.147 e. The van der Waals surface area contributed by atoms with Crippen molar-refractivity contribution in [1.82, 2.24) is 4.90 Å². The van der Waals surface area contributed by atoms with E-state index in [-0.39, 0.29) is 0 Å². The summed E-state index contributed by atoms with van der Waals surface area (Å²) in [6, 6.07) is 9.03. The first kappa shape index (κ1) is 18.3. The summed E-state index contributed by atoms with van der Waals surface area (Å²) < 4.78 is 4.67. The molecule has 134 valence electrons. The average molecular weight is 355 g/mol.